The summed E-state index contributed by atoms with van der Waals surface area (Å²) in [5.74, 6) is 0.496. The topological polar surface area (TPSA) is 81.5 Å². The molecule has 0 amide bonds. The van der Waals surface area contributed by atoms with Gasteiger partial charge in [-0.15, -0.1) is 21.6 Å². The first-order valence-corrected chi connectivity index (χ1v) is 7.25. The zero-order chi connectivity index (χ0) is 14.8. The smallest absolute Gasteiger partial charge is 0.230 e. The number of nitrogens with two attached hydrogens (primary N) is 1. The van der Waals surface area contributed by atoms with E-state index in [1.54, 1.807) is 11.7 Å². The van der Waals surface area contributed by atoms with Crippen molar-refractivity contribution in [2.75, 3.05) is 5.73 Å². The van der Waals surface area contributed by atoms with Gasteiger partial charge in [0, 0.05) is 18.0 Å². The first kappa shape index (κ1) is 13.4. The number of aromatic nitrogens is 3. The zero-order valence-electron chi connectivity index (χ0n) is 11.7. The molecule has 7 heteroatoms. The van der Waals surface area contributed by atoms with Gasteiger partial charge in [-0.3, -0.25) is 4.68 Å². The lowest BCUT2D eigenvalue weighted by molar-refractivity contribution is 0.767. The number of aryl methyl sites for hydroxylation is 2. The summed E-state index contributed by atoms with van der Waals surface area (Å²) >= 11 is 1.44. The van der Waals surface area contributed by atoms with Gasteiger partial charge in [0.15, 0.2) is 5.69 Å². The van der Waals surface area contributed by atoms with Crippen LogP contribution in [-0.4, -0.2) is 14.8 Å². The van der Waals surface area contributed by atoms with E-state index < -0.39 is 0 Å². The number of azo groups is 1. The average Bonchev–Trinajstić information content (AvgIpc) is 3.05. The van der Waals surface area contributed by atoms with E-state index in [4.69, 9.17) is 5.73 Å². The van der Waals surface area contributed by atoms with Crippen LogP contribution in [0.5, 0.6) is 0 Å². The summed E-state index contributed by atoms with van der Waals surface area (Å²) in [4.78, 5) is 4.45. The highest BCUT2D eigenvalue weighted by Gasteiger charge is 2.10. The minimum atomic E-state index is 0.496. The Morgan fingerprint density at radius 1 is 1.19 bits per heavy atom. The molecule has 6 nitrogen and oxygen atoms in total. The third-order valence-corrected chi connectivity index (χ3v) is 3.76. The van der Waals surface area contributed by atoms with Gasteiger partial charge in [0.05, 0.1) is 11.4 Å². The molecule has 2 heterocycles. The molecule has 0 atom stereocenters. The van der Waals surface area contributed by atoms with Gasteiger partial charge in [-0.05, 0) is 6.92 Å². The molecular formula is C14H14N6S. The molecule has 2 aromatic heterocycles. The van der Waals surface area contributed by atoms with Crippen LogP contribution < -0.4 is 5.73 Å². The predicted octanol–water partition coefficient (Wildman–Crippen LogP) is 3.85. The average molecular weight is 298 g/mol. The largest absolute Gasteiger partial charge is 0.382 e. The molecule has 0 radical (unpaired) electrons. The van der Waals surface area contributed by atoms with Crippen LogP contribution in [0.4, 0.5) is 16.6 Å². The molecule has 0 saturated carbocycles. The van der Waals surface area contributed by atoms with E-state index in [9.17, 15) is 0 Å². The first-order chi connectivity index (χ1) is 10.1. The van der Waals surface area contributed by atoms with Crippen LogP contribution in [0.1, 0.15) is 5.69 Å². The molecule has 21 heavy (non-hydrogen) atoms. The van der Waals surface area contributed by atoms with Crippen molar-refractivity contribution in [1.82, 2.24) is 14.8 Å². The Morgan fingerprint density at radius 3 is 2.62 bits per heavy atom. The van der Waals surface area contributed by atoms with Crippen LogP contribution >= 0.6 is 11.3 Å². The summed E-state index contributed by atoms with van der Waals surface area (Å²) in [6.45, 7) is 1.85. The number of rotatable bonds is 3. The van der Waals surface area contributed by atoms with Gasteiger partial charge in [0.25, 0.3) is 0 Å². The molecule has 0 bridgehead atoms. The van der Waals surface area contributed by atoms with E-state index in [0.29, 0.717) is 16.6 Å². The highest BCUT2D eigenvalue weighted by Crippen LogP contribution is 2.30. The molecule has 3 rings (SSSR count). The van der Waals surface area contributed by atoms with Gasteiger partial charge in [-0.25, -0.2) is 4.98 Å². The van der Waals surface area contributed by atoms with Crippen LogP contribution in [-0.2, 0) is 7.05 Å². The maximum absolute atomic E-state index is 5.89. The Labute approximate surface area is 126 Å². The van der Waals surface area contributed by atoms with Gasteiger partial charge >= 0.3 is 0 Å². The van der Waals surface area contributed by atoms with E-state index in [-0.39, 0.29) is 0 Å². The number of thiazole rings is 1. The van der Waals surface area contributed by atoms with Crippen LogP contribution in [0.2, 0.25) is 0 Å². The van der Waals surface area contributed by atoms with Crippen molar-refractivity contribution in [2.45, 2.75) is 6.92 Å². The summed E-state index contributed by atoms with van der Waals surface area (Å²) in [6, 6.07) is 9.97. The van der Waals surface area contributed by atoms with E-state index >= 15 is 0 Å². The Bertz CT molecular complexity index is 787. The van der Waals surface area contributed by atoms with Crippen molar-refractivity contribution in [1.29, 1.82) is 0 Å². The van der Waals surface area contributed by atoms with Crippen molar-refractivity contribution in [2.24, 2.45) is 17.3 Å². The van der Waals surface area contributed by atoms with Gasteiger partial charge < -0.3 is 5.73 Å². The van der Waals surface area contributed by atoms with Crippen molar-refractivity contribution in [3.05, 3.63) is 41.4 Å². The molecule has 0 aliphatic heterocycles. The second kappa shape index (κ2) is 5.45. The number of anilines is 1. The van der Waals surface area contributed by atoms with Crippen LogP contribution in [0.15, 0.2) is 45.9 Å². The van der Waals surface area contributed by atoms with E-state index in [2.05, 4.69) is 20.3 Å². The second-order valence-electron chi connectivity index (χ2n) is 4.52. The van der Waals surface area contributed by atoms with E-state index in [0.717, 1.165) is 17.0 Å². The molecule has 0 fully saturated rings. The summed E-state index contributed by atoms with van der Waals surface area (Å²) in [6.07, 6.45) is 0. The third-order valence-electron chi connectivity index (χ3n) is 3.03. The maximum atomic E-state index is 5.89. The Balaban J connectivity index is 1.86. The highest BCUT2D eigenvalue weighted by molar-refractivity contribution is 7.13. The lowest BCUT2D eigenvalue weighted by atomic mass is 10.2. The predicted molar refractivity (Wildman–Crippen MR) is 84.1 cm³/mol. The molecule has 2 N–H and O–H groups in total. The minimum Gasteiger partial charge on any atom is -0.382 e. The second-order valence-corrected chi connectivity index (χ2v) is 5.36. The Morgan fingerprint density at radius 2 is 1.95 bits per heavy atom. The number of hydrogen-bond donors (Lipinski definition) is 1. The lowest BCUT2D eigenvalue weighted by Gasteiger charge is -1.93. The molecule has 1 aromatic carbocycles. The monoisotopic (exact) mass is 298 g/mol. The van der Waals surface area contributed by atoms with Gasteiger partial charge in [0.1, 0.15) is 5.82 Å². The number of nitrogen functional groups attached to an aromatic ring is 1. The van der Waals surface area contributed by atoms with Crippen LogP contribution in [0.25, 0.3) is 11.3 Å². The molecule has 0 saturated heterocycles. The van der Waals surface area contributed by atoms with E-state index in [1.165, 1.54) is 11.3 Å². The van der Waals surface area contributed by atoms with Gasteiger partial charge in [-0.2, -0.15) is 5.10 Å². The molecular weight excluding hydrogens is 284 g/mol. The number of nitrogens with zero attached hydrogens (tertiary/aromatic N) is 5. The molecule has 0 unspecified atom stereocenters. The quantitative estimate of drug-likeness (QED) is 0.746. The molecule has 106 valence electrons. The number of hydrogen-bond acceptors (Lipinski definition) is 6. The fourth-order valence-electron chi connectivity index (χ4n) is 1.93. The van der Waals surface area contributed by atoms with Crippen molar-refractivity contribution < 1.29 is 0 Å². The summed E-state index contributed by atoms with van der Waals surface area (Å²) in [5.41, 5.74) is 9.19. The summed E-state index contributed by atoms with van der Waals surface area (Å²) in [5, 5.41) is 15.1. The number of benzene rings is 1. The SMILES string of the molecule is Cc1nn(C)c(N)c1N=Nc1nc(-c2ccccc2)cs1. The van der Waals surface area contributed by atoms with Gasteiger partial charge in [0.2, 0.25) is 5.13 Å². The van der Waals surface area contributed by atoms with Crippen LogP contribution in [0, 0.1) is 6.92 Å². The standard InChI is InChI=1S/C14H14N6S/c1-9-12(13(15)20(2)19-9)17-18-14-16-11(8-21-14)10-6-4-3-5-7-10/h3-8H,15H2,1-2H3. The van der Waals surface area contributed by atoms with Crippen molar-refractivity contribution in [3.63, 3.8) is 0 Å². The minimum absolute atomic E-state index is 0.496. The van der Waals surface area contributed by atoms with E-state index in [1.807, 2.05) is 42.6 Å². The zero-order valence-corrected chi connectivity index (χ0v) is 12.5. The maximum Gasteiger partial charge on any atom is 0.230 e. The fraction of sp³-hybridized carbons (Fsp3) is 0.143. The van der Waals surface area contributed by atoms with Crippen LogP contribution in [0.3, 0.4) is 0 Å². The normalized spacial score (nSPS) is 11.3. The molecule has 0 aliphatic rings. The first-order valence-electron chi connectivity index (χ1n) is 6.37. The molecule has 0 aliphatic carbocycles. The molecule has 0 spiro atoms. The highest BCUT2D eigenvalue weighted by atomic mass is 32.1. The summed E-state index contributed by atoms with van der Waals surface area (Å²) < 4.78 is 1.58. The Kier molecular flexibility index (Phi) is 3.49. The van der Waals surface area contributed by atoms with Gasteiger partial charge in [-0.1, -0.05) is 30.3 Å². The fourth-order valence-corrected chi connectivity index (χ4v) is 2.58. The third kappa shape index (κ3) is 2.68. The van der Waals surface area contributed by atoms with Crippen molar-refractivity contribution in [3.8, 4) is 11.3 Å². The Hall–Kier alpha value is -2.54. The lowest BCUT2D eigenvalue weighted by Crippen LogP contribution is -1.96. The molecule has 3 aromatic rings. The summed E-state index contributed by atoms with van der Waals surface area (Å²) in [7, 11) is 1.78. The van der Waals surface area contributed by atoms with Crippen molar-refractivity contribution >= 4 is 28.0 Å².